The summed E-state index contributed by atoms with van der Waals surface area (Å²) >= 11 is 11.9. The number of carbonyl (C=O) groups excluding carboxylic acids is 1. The molecule has 1 saturated carbocycles. The minimum atomic E-state index is -0.575. The van der Waals surface area contributed by atoms with Crippen LogP contribution in [0.3, 0.4) is 0 Å². The summed E-state index contributed by atoms with van der Waals surface area (Å²) < 4.78 is 5.71. The van der Waals surface area contributed by atoms with Gasteiger partial charge in [0.1, 0.15) is 5.75 Å². The Morgan fingerprint density at radius 3 is 2.74 bits per heavy atom. The maximum absolute atomic E-state index is 12.6. The van der Waals surface area contributed by atoms with Gasteiger partial charge >= 0.3 is 0 Å². The van der Waals surface area contributed by atoms with Gasteiger partial charge in [-0.1, -0.05) is 23.2 Å². The van der Waals surface area contributed by atoms with Crippen LogP contribution in [0.5, 0.6) is 5.75 Å². The fourth-order valence-corrected chi connectivity index (χ4v) is 4.01. The molecule has 2 N–H and O–H groups in total. The number of hydrogen-bond acceptors (Lipinski definition) is 3. The van der Waals surface area contributed by atoms with E-state index in [1.165, 1.54) is 0 Å². The van der Waals surface area contributed by atoms with Crippen molar-refractivity contribution in [3.05, 3.63) is 28.2 Å². The second-order valence-electron chi connectivity index (χ2n) is 6.24. The highest BCUT2D eigenvalue weighted by Gasteiger charge is 2.43. The fraction of sp³-hybridized carbons (Fsp3) is 0.562. The predicted molar refractivity (Wildman–Crippen MR) is 94.6 cm³/mol. The Morgan fingerprint density at radius 1 is 1.35 bits per heavy atom. The van der Waals surface area contributed by atoms with Gasteiger partial charge in [0, 0.05) is 24.2 Å². The summed E-state index contributed by atoms with van der Waals surface area (Å²) in [6.45, 7) is 3.28. The lowest BCUT2D eigenvalue weighted by atomic mass is 9.98. The van der Waals surface area contributed by atoms with E-state index < -0.39 is 6.10 Å². The van der Waals surface area contributed by atoms with E-state index in [4.69, 9.17) is 33.7 Å². The van der Waals surface area contributed by atoms with Crippen molar-refractivity contribution >= 4 is 41.5 Å². The molecule has 2 fully saturated rings. The van der Waals surface area contributed by atoms with Crippen LogP contribution in [0.4, 0.5) is 0 Å². The van der Waals surface area contributed by atoms with Gasteiger partial charge < -0.3 is 15.4 Å². The number of hydrogen-bond donors (Lipinski definition) is 1. The van der Waals surface area contributed by atoms with Gasteiger partial charge in [-0.3, -0.25) is 4.79 Å². The highest BCUT2D eigenvalue weighted by molar-refractivity contribution is 6.35. The summed E-state index contributed by atoms with van der Waals surface area (Å²) in [5, 5.41) is 0.949. The first-order valence-corrected chi connectivity index (χ1v) is 8.37. The van der Waals surface area contributed by atoms with Crippen LogP contribution < -0.4 is 10.5 Å². The molecule has 4 atom stereocenters. The Labute approximate surface area is 152 Å². The predicted octanol–water partition coefficient (Wildman–Crippen LogP) is 3.38. The monoisotopic (exact) mass is 378 g/mol. The van der Waals surface area contributed by atoms with Gasteiger partial charge in [-0.2, -0.15) is 0 Å². The van der Waals surface area contributed by atoms with E-state index in [2.05, 4.69) is 0 Å². The maximum atomic E-state index is 12.6. The number of rotatable bonds is 3. The van der Waals surface area contributed by atoms with Crippen LogP contribution in [0.1, 0.15) is 19.8 Å². The maximum Gasteiger partial charge on any atom is 0.263 e. The lowest BCUT2D eigenvalue weighted by molar-refractivity contribution is -0.137. The highest BCUT2D eigenvalue weighted by Crippen LogP contribution is 2.37. The Hall–Kier alpha value is -0.680. The molecule has 7 heteroatoms. The Morgan fingerprint density at radius 2 is 2.09 bits per heavy atom. The zero-order valence-corrected chi connectivity index (χ0v) is 15.2. The van der Waals surface area contributed by atoms with Gasteiger partial charge in [-0.25, -0.2) is 0 Å². The van der Waals surface area contributed by atoms with Crippen LogP contribution in [0, 0.1) is 11.8 Å². The third-order valence-corrected chi connectivity index (χ3v) is 5.30. The largest absolute Gasteiger partial charge is 0.479 e. The molecule has 1 aromatic rings. The van der Waals surface area contributed by atoms with Crippen molar-refractivity contribution in [1.29, 1.82) is 0 Å². The van der Waals surface area contributed by atoms with E-state index in [0.29, 0.717) is 27.6 Å². The molecule has 1 aliphatic heterocycles. The molecule has 128 valence electrons. The first-order valence-electron chi connectivity index (χ1n) is 7.62. The minimum absolute atomic E-state index is 0. The molecule has 3 rings (SSSR count). The second kappa shape index (κ2) is 7.47. The van der Waals surface area contributed by atoms with Crippen LogP contribution in [0.15, 0.2) is 18.2 Å². The van der Waals surface area contributed by atoms with Crippen LogP contribution in [0.25, 0.3) is 0 Å². The summed E-state index contributed by atoms with van der Waals surface area (Å²) in [6.07, 6.45) is 1.62. The zero-order valence-electron chi connectivity index (χ0n) is 12.9. The van der Waals surface area contributed by atoms with E-state index in [0.717, 1.165) is 25.9 Å². The van der Waals surface area contributed by atoms with E-state index in [1.807, 2.05) is 4.90 Å². The molecule has 1 amide bonds. The van der Waals surface area contributed by atoms with Crippen molar-refractivity contribution in [3.8, 4) is 5.75 Å². The van der Waals surface area contributed by atoms with Crippen LogP contribution in [0.2, 0.25) is 10.0 Å². The SMILES string of the molecule is CC(Oc1ccc(Cl)cc1Cl)C(=O)N1CC2CCC(N)C2C1.Cl. The molecule has 1 heterocycles. The summed E-state index contributed by atoms with van der Waals surface area (Å²) in [5.74, 6) is 1.45. The summed E-state index contributed by atoms with van der Waals surface area (Å²) in [5.41, 5.74) is 6.12. The molecule has 2 aliphatic rings. The van der Waals surface area contributed by atoms with Crippen LogP contribution in [-0.4, -0.2) is 36.0 Å². The zero-order chi connectivity index (χ0) is 15.9. The molecule has 4 unspecified atom stereocenters. The van der Waals surface area contributed by atoms with Gasteiger partial charge in [0.25, 0.3) is 5.91 Å². The van der Waals surface area contributed by atoms with Crippen molar-refractivity contribution in [2.45, 2.75) is 31.9 Å². The van der Waals surface area contributed by atoms with Gasteiger partial charge in [0.15, 0.2) is 6.10 Å². The molecule has 1 aliphatic carbocycles. The third-order valence-electron chi connectivity index (χ3n) is 4.77. The fourth-order valence-electron chi connectivity index (χ4n) is 3.56. The van der Waals surface area contributed by atoms with E-state index in [1.54, 1.807) is 25.1 Å². The molecular formula is C16H21Cl3N2O2. The van der Waals surface area contributed by atoms with Gasteiger partial charge in [-0.05, 0) is 49.8 Å². The highest BCUT2D eigenvalue weighted by atomic mass is 35.5. The average Bonchev–Trinajstić information content (AvgIpc) is 3.03. The third kappa shape index (κ3) is 3.87. The number of amides is 1. The number of carbonyl (C=O) groups is 1. The van der Waals surface area contributed by atoms with Crippen LogP contribution in [-0.2, 0) is 4.79 Å². The normalized spacial score (nSPS) is 27.3. The number of fused-ring (bicyclic) bond motifs is 1. The number of nitrogens with zero attached hydrogens (tertiary/aromatic N) is 1. The molecule has 0 spiro atoms. The number of nitrogens with two attached hydrogens (primary N) is 1. The lowest BCUT2D eigenvalue weighted by Crippen LogP contribution is -2.40. The topological polar surface area (TPSA) is 55.6 Å². The summed E-state index contributed by atoms with van der Waals surface area (Å²) in [7, 11) is 0. The van der Waals surface area contributed by atoms with Crippen molar-refractivity contribution in [2.75, 3.05) is 13.1 Å². The number of benzene rings is 1. The Balaban J connectivity index is 0.00000192. The number of likely N-dealkylation sites (tertiary alicyclic amines) is 1. The Bertz CT molecular complexity index is 584. The first-order chi connectivity index (χ1) is 10.5. The van der Waals surface area contributed by atoms with Crippen molar-refractivity contribution in [3.63, 3.8) is 0 Å². The molecule has 4 nitrogen and oxygen atoms in total. The van der Waals surface area contributed by atoms with E-state index >= 15 is 0 Å². The van der Waals surface area contributed by atoms with Crippen LogP contribution >= 0.6 is 35.6 Å². The smallest absolute Gasteiger partial charge is 0.263 e. The van der Waals surface area contributed by atoms with Gasteiger partial charge in [0.2, 0.25) is 0 Å². The van der Waals surface area contributed by atoms with Gasteiger partial charge in [-0.15, -0.1) is 12.4 Å². The molecular weight excluding hydrogens is 359 g/mol. The standard InChI is InChI=1S/C16H20Cl2N2O2.ClH/c1-9(22-15-5-3-11(17)6-13(15)18)16(21)20-7-10-2-4-14(19)12(10)8-20;/h3,5-6,9-10,12,14H,2,4,7-8,19H2,1H3;1H. The van der Waals surface area contributed by atoms with Gasteiger partial charge in [0.05, 0.1) is 5.02 Å². The molecule has 1 aromatic carbocycles. The molecule has 1 saturated heterocycles. The molecule has 0 radical (unpaired) electrons. The second-order valence-corrected chi connectivity index (χ2v) is 7.09. The van der Waals surface area contributed by atoms with Crippen molar-refractivity contribution in [2.24, 2.45) is 17.6 Å². The molecule has 23 heavy (non-hydrogen) atoms. The molecule has 0 bridgehead atoms. The summed E-state index contributed by atoms with van der Waals surface area (Å²) in [6, 6.07) is 5.21. The van der Waals surface area contributed by atoms with Crippen molar-refractivity contribution < 1.29 is 9.53 Å². The number of halogens is 3. The first kappa shape index (κ1) is 18.7. The molecule has 0 aromatic heterocycles. The lowest BCUT2D eigenvalue weighted by Gasteiger charge is -2.23. The summed E-state index contributed by atoms with van der Waals surface area (Å²) in [4.78, 5) is 14.4. The Kier molecular flexibility index (Phi) is 6.06. The quantitative estimate of drug-likeness (QED) is 0.876. The van der Waals surface area contributed by atoms with E-state index in [9.17, 15) is 4.79 Å². The van der Waals surface area contributed by atoms with E-state index in [-0.39, 0.29) is 24.4 Å². The number of ether oxygens (including phenoxy) is 1. The van der Waals surface area contributed by atoms with Crippen molar-refractivity contribution in [1.82, 2.24) is 4.90 Å². The average molecular weight is 380 g/mol. The minimum Gasteiger partial charge on any atom is -0.479 e.